The Balaban J connectivity index is 1.74. The number of fused-ring (bicyclic) bond motifs is 1. The molecule has 4 rings (SSSR count). The van der Waals surface area contributed by atoms with Gasteiger partial charge >= 0.3 is 5.97 Å². The number of carbonyl (C=O) groups is 3. The van der Waals surface area contributed by atoms with E-state index in [2.05, 4.69) is 15.8 Å². The van der Waals surface area contributed by atoms with Crippen molar-refractivity contribution in [3.63, 3.8) is 0 Å². The minimum atomic E-state index is -1.39. The Morgan fingerprint density at radius 3 is 2.50 bits per heavy atom. The number of ether oxygens (including phenoxy) is 1. The van der Waals surface area contributed by atoms with Gasteiger partial charge in [0.25, 0.3) is 0 Å². The molecule has 13 nitrogen and oxygen atoms in total. The van der Waals surface area contributed by atoms with Crippen molar-refractivity contribution in [2.45, 2.75) is 57.3 Å². The van der Waals surface area contributed by atoms with E-state index in [0.717, 1.165) is 18.9 Å². The van der Waals surface area contributed by atoms with E-state index in [4.69, 9.17) is 15.3 Å². The van der Waals surface area contributed by atoms with Crippen molar-refractivity contribution in [3.05, 3.63) is 33.9 Å². The Kier molecular flexibility index (Phi) is 8.28. The summed E-state index contributed by atoms with van der Waals surface area (Å²) in [4.78, 5) is 56.2. The van der Waals surface area contributed by atoms with E-state index >= 15 is 4.39 Å². The summed E-state index contributed by atoms with van der Waals surface area (Å²) in [6.45, 7) is 3.36. The number of hydrogen-bond donors (Lipinski definition) is 4. The summed E-state index contributed by atoms with van der Waals surface area (Å²) in [6, 6.07) is -1.42. The van der Waals surface area contributed by atoms with Crippen LogP contribution in [0, 0.1) is 5.82 Å². The second-order valence-electron chi connectivity index (χ2n) is 9.99. The number of pyridine rings is 1. The maximum atomic E-state index is 15.8. The summed E-state index contributed by atoms with van der Waals surface area (Å²) in [5, 5.41) is 18.9. The molecule has 1 saturated carbocycles. The number of oxime groups is 1. The van der Waals surface area contributed by atoms with E-state index < -0.39 is 52.7 Å². The Bertz CT molecular complexity index is 1440. The van der Waals surface area contributed by atoms with Crippen molar-refractivity contribution in [2.75, 3.05) is 32.2 Å². The Morgan fingerprint density at radius 2 is 1.93 bits per heavy atom. The molecule has 3 atom stereocenters. The molecule has 2 aromatic rings. The number of nitrogens with two attached hydrogens (primary N) is 1. The van der Waals surface area contributed by atoms with E-state index in [-0.39, 0.29) is 36.0 Å². The zero-order chi connectivity index (χ0) is 29.3. The summed E-state index contributed by atoms with van der Waals surface area (Å²) in [5.41, 5.74) is 5.22. The second kappa shape index (κ2) is 11.5. The highest BCUT2D eigenvalue weighted by molar-refractivity contribution is 5.99. The van der Waals surface area contributed by atoms with E-state index in [1.807, 2.05) is 0 Å². The van der Waals surface area contributed by atoms with Crippen molar-refractivity contribution >= 4 is 40.1 Å². The predicted molar refractivity (Wildman–Crippen MR) is 144 cm³/mol. The van der Waals surface area contributed by atoms with Crippen molar-refractivity contribution in [1.29, 1.82) is 0 Å². The molecule has 2 amide bonds. The Hall–Kier alpha value is -4.20. The van der Waals surface area contributed by atoms with E-state index in [9.17, 15) is 24.3 Å². The first-order valence-corrected chi connectivity index (χ1v) is 12.9. The molecule has 1 aromatic heterocycles. The molecule has 2 heterocycles. The number of nitrogens with one attached hydrogen (secondary N) is 2. The quantitative estimate of drug-likeness (QED) is 0.322. The molecule has 14 heteroatoms. The molecule has 216 valence electrons. The van der Waals surface area contributed by atoms with Crippen molar-refractivity contribution in [2.24, 2.45) is 10.9 Å². The fourth-order valence-corrected chi connectivity index (χ4v) is 4.83. The number of aromatic carboxylic acids is 1. The number of benzene rings is 1. The zero-order valence-electron chi connectivity index (χ0n) is 22.7. The molecule has 0 radical (unpaired) electrons. The van der Waals surface area contributed by atoms with Crippen LogP contribution in [-0.2, 0) is 14.4 Å². The number of carboxylic acid groups (broad SMARTS) is 1. The maximum Gasteiger partial charge on any atom is 0.341 e. The largest absolute Gasteiger partial charge is 0.492 e. The molecule has 40 heavy (non-hydrogen) atoms. The van der Waals surface area contributed by atoms with E-state index in [1.165, 1.54) is 34.3 Å². The highest BCUT2D eigenvalue weighted by Crippen LogP contribution is 2.44. The van der Waals surface area contributed by atoms with Gasteiger partial charge in [-0.3, -0.25) is 14.4 Å². The van der Waals surface area contributed by atoms with E-state index in [1.54, 1.807) is 9.47 Å². The standard InChI is InChI=1S/C26H33FN6O7/c1-12(28)24(35)29-13(2)25(36)30-19-11-32(8-7-18(19)31-40-4)21-17(27)9-15-20(23(21)39-3)33(14-5-6-14)10-16(22(15)34)26(37)38/h9-10,12-14,19H,5-8,11,28H2,1-4H3,(H,29,35)(H,30,36)(H,37,38)/b31-18+. The van der Waals surface area contributed by atoms with Gasteiger partial charge in [-0.05, 0) is 32.8 Å². The van der Waals surface area contributed by atoms with Gasteiger partial charge in [-0.25, -0.2) is 9.18 Å². The number of carbonyl (C=O) groups excluding carboxylic acids is 2. The lowest BCUT2D eigenvalue weighted by molar-refractivity contribution is -0.129. The van der Waals surface area contributed by atoms with Gasteiger partial charge in [0.15, 0.2) is 11.6 Å². The average Bonchev–Trinajstić information content (AvgIpc) is 3.74. The topological polar surface area (TPSA) is 178 Å². The van der Waals surface area contributed by atoms with E-state index in [0.29, 0.717) is 17.6 Å². The molecule has 0 bridgehead atoms. The monoisotopic (exact) mass is 560 g/mol. The molecule has 2 aliphatic rings. The third kappa shape index (κ3) is 5.57. The molecule has 5 N–H and O–H groups in total. The summed E-state index contributed by atoms with van der Waals surface area (Å²) >= 11 is 0. The smallest absolute Gasteiger partial charge is 0.341 e. The molecule has 1 aromatic carbocycles. The van der Waals surface area contributed by atoms with Crippen LogP contribution in [-0.4, -0.2) is 78.6 Å². The molecule has 1 aliphatic heterocycles. The van der Waals surface area contributed by atoms with Gasteiger partial charge in [0.1, 0.15) is 24.4 Å². The fraction of sp³-hybridized carbons (Fsp3) is 0.500. The second-order valence-corrected chi connectivity index (χ2v) is 9.99. The third-order valence-corrected chi connectivity index (χ3v) is 7.02. The minimum Gasteiger partial charge on any atom is -0.492 e. The van der Waals surface area contributed by atoms with Crippen molar-refractivity contribution in [1.82, 2.24) is 15.2 Å². The normalized spacial score (nSPS) is 19.7. The first-order valence-electron chi connectivity index (χ1n) is 12.9. The predicted octanol–water partition coefficient (Wildman–Crippen LogP) is 0.732. The lowest BCUT2D eigenvalue weighted by atomic mass is 10.0. The van der Waals surface area contributed by atoms with Crippen molar-refractivity contribution < 1.29 is 33.5 Å². The van der Waals surface area contributed by atoms with Crippen LogP contribution in [0.5, 0.6) is 5.75 Å². The summed E-state index contributed by atoms with van der Waals surface area (Å²) in [5.74, 6) is -3.07. The number of halogens is 1. The number of methoxy groups -OCH3 is 1. The number of rotatable bonds is 9. The Labute approximate surface area is 229 Å². The number of anilines is 1. The number of amides is 2. The van der Waals surface area contributed by atoms with Gasteiger partial charge < -0.3 is 40.5 Å². The van der Waals surface area contributed by atoms with Crippen LogP contribution in [0.15, 0.2) is 22.2 Å². The Morgan fingerprint density at radius 1 is 1.23 bits per heavy atom. The van der Waals surface area contributed by atoms with Crippen LogP contribution in [0.4, 0.5) is 10.1 Å². The molecular weight excluding hydrogens is 527 g/mol. The fourth-order valence-electron chi connectivity index (χ4n) is 4.83. The van der Waals surface area contributed by atoms with Crippen molar-refractivity contribution in [3.8, 4) is 5.75 Å². The number of piperidine rings is 1. The molecular formula is C26H33FN6O7. The maximum absolute atomic E-state index is 15.8. The minimum absolute atomic E-state index is 0.0461. The summed E-state index contributed by atoms with van der Waals surface area (Å²) < 4.78 is 23.1. The van der Waals surface area contributed by atoms with Crippen LogP contribution in [0.3, 0.4) is 0 Å². The van der Waals surface area contributed by atoms with Gasteiger partial charge in [-0.15, -0.1) is 0 Å². The molecule has 2 fully saturated rings. The highest BCUT2D eigenvalue weighted by Gasteiger charge is 2.35. The van der Waals surface area contributed by atoms with Crippen LogP contribution >= 0.6 is 0 Å². The van der Waals surface area contributed by atoms with Crippen LogP contribution < -0.4 is 31.4 Å². The van der Waals surface area contributed by atoms with Crippen LogP contribution in [0.25, 0.3) is 10.9 Å². The number of hydrogen-bond acceptors (Lipinski definition) is 9. The molecule has 3 unspecified atom stereocenters. The SMILES string of the molecule is CO/N=C1\CCN(c2c(F)cc3c(=O)c(C(=O)O)cn(C4CC4)c3c2OC)CC1NC(=O)C(C)NC(=O)C(C)N. The number of nitrogens with zero attached hydrogens (tertiary/aromatic N) is 3. The van der Waals surface area contributed by atoms with Gasteiger partial charge in [0, 0.05) is 31.7 Å². The van der Waals surface area contributed by atoms with Gasteiger partial charge in [0.2, 0.25) is 17.2 Å². The average molecular weight is 561 g/mol. The van der Waals surface area contributed by atoms with Crippen LogP contribution in [0.2, 0.25) is 0 Å². The number of carboxylic acids is 1. The zero-order valence-corrected chi connectivity index (χ0v) is 22.7. The molecule has 1 aliphatic carbocycles. The first-order chi connectivity index (χ1) is 19.0. The number of aromatic nitrogens is 1. The lowest BCUT2D eigenvalue weighted by Crippen LogP contribution is -2.57. The summed E-state index contributed by atoms with van der Waals surface area (Å²) in [6.07, 6.45) is 3.14. The van der Waals surface area contributed by atoms with Gasteiger partial charge in [-0.1, -0.05) is 5.16 Å². The molecule has 0 spiro atoms. The summed E-state index contributed by atoms with van der Waals surface area (Å²) in [7, 11) is 2.73. The van der Waals surface area contributed by atoms with Gasteiger partial charge in [-0.2, -0.15) is 0 Å². The van der Waals surface area contributed by atoms with Gasteiger partial charge in [0.05, 0.1) is 35.8 Å². The first kappa shape index (κ1) is 28.8. The van der Waals surface area contributed by atoms with Crippen LogP contribution in [0.1, 0.15) is 49.5 Å². The lowest BCUT2D eigenvalue weighted by Gasteiger charge is -2.36. The third-order valence-electron chi connectivity index (χ3n) is 7.02. The molecule has 1 saturated heterocycles. The highest BCUT2D eigenvalue weighted by atomic mass is 19.1.